The summed E-state index contributed by atoms with van der Waals surface area (Å²) in [7, 11) is 0. The van der Waals surface area contributed by atoms with Crippen molar-refractivity contribution in [3.63, 3.8) is 0 Å². The van der Waals surface area contributed by atoms with Crippen LogP contribution >= 0.6 is 11.8 Å². The van der Waals surface area contributed by atoms with Gasteiger partial charge < -0.3 is 5.32 Å². The minimum absolute atomic E-state index is 0.0268. The van der Waals surface area contributed by atoms with Crippen molar-refractivity contribution in [2.75, 3.05) is 11.1 Å². The lowest BCUT2D eigenvalue weighted by molar-refractivity contribution is -0.385. The summed E-state index contributed by atoms with van der Waals surface area (Å²) in [5.41, 5.74) is 1.21. The topological polar surface area (TPSA) is 107 Å². The summed E-state index contributed by atoms with van der Waals surface area (Å²) in [6.07, 6.45) is 1.75. The van der Waals surface area contributed by atoms with Crippen LogP contribution in [0.2, 0.25) is 0 Å². The molecule has 9 heteroatoms. The highest BCUT2D eigenvalue weighted by atomic mass is 32.2. The maximum Gasteiger partial charge on any atom is 0.274 e. The number of benzene rings is 2. The van der Waals surface area contributed by atoms with Crippen molar-refractivity contribution in [2.24, 2.45) is 0 Å². The average molecular weight is 426 g/mol. The molecular formula is C21H22N4O4S. The zero-order valence-electron chi connectivity index (χ0n) is 16.8. The number of thioether (sulfide) groups is 1. The number of nitro benzene ring substituents is 1. The Balaban J connectivity index is 1.81. The molecule has 0 bridgehead atoms. The first-order valence-corrected chi connectivity index (χ1v) is 10.6. The molecule has 8 nitrogen and oxygen atoms in total. The highest BCUT2D eigenvalue weighted by Crippen LogP contribution is 2.25. The van der Waals surface area contributed by atoms with E-state index in [1.54, 1.807) is 35.8 Å². The van der Waals surface area contributed by atoms with Gasteiger partial charge in [-0.25, -0.2) is 4.98 Å². The molecule has 1 heterocycles. The van der Waals surface area contributed by atoms with Crippen LogP contribution in [0.1, 0.15) is 25.3 Å². The standard InChI is InChI=1S/C21H22N4O4S/c1-3-4-12-24-20(27)15-8-5-6-9-17(15)23-21(24)30-13-19(26)22-16-10-7-11-18(14(16)2)25(28)29/h5-11H,3-4,12-13H2,1-2H3,(H,22,26). The fourth-order valence-corrected chi connectivity index (χ4v) is 3.87. The fraction of sp³-hybridized carbons (Fsp3) is 0.286. The van der Waals surface area contributed by atoms with E-state index in [0.29, 0.717) is 33.9 Å². The van der Waals surface area contributed by atoms with Crippen LogP contribution in [0.5, 0.6) is 0 Å². The molecule has 0 spiro atoms. The molecule has 156 valence electrons. The summed E-state index contributed by atoms with van der Waals surface area (Å²) in [4.78, 5) is 40.5. The predicted octanol–water partition coefficient (Wildman–Crippen LogP) is 4.14. The van der Waals surface area contributed by atoms with E-state index in [1.165, 1.54) is 23.9 Å². The molecule has 1 N–H and O–H groups in total. The van der Waals surface area contributed by atoms with Gasteiger partial charge >= 0.3 is 0 Å². The van der Waals surface area contributed by atoms with Crippen LogP contribution in [-0.2, 0) is 11.3 Å². The van der Waals surface area contributed by atoms with E-state index < -0.39 is 4.92 Å². The molecule has 3 rings (SSSR count). The van der Waals surface area contributed by atoms with E-state index >= 15 is 0 Å². The van der Waals surface area contributed by atoms with Gasteiger partial charge in [0.2, 0.25) is 5.91 Å². The Hall–Kier alpha value is -3.20. The largest absolute Gasteiger partial charge is 0.325 e. The molecule has 2 aromatic carbocycles. The smallest absolute Gasteiger partial charge is 0.274 e. The van der Waals surface area contributed by atoms with Crippen LogP contribution in [0.3, 0.4) is 0 Å². The van der Waals surface area contributed by atoms with Crippen molar-refractivity contribution in [1.82, 2.24) is 9.55 Å². The number of fused-ring (bicyclic) bond motifs is 1. The summed E-state index contributed by atoms with van der Waals surface area (Å²) in [6.45, 7) is 4.16. The molecule has 0 aliphatic carbocycles. The predicted molar refractivity (Wildman–Crippen MR) is 118 cm³/mol. The second kappa shape index (κ2) is 9.53. The second-order valence-electron chi connectivity index (χ2n) is 6.77. The van der Waals surface area contributed by atoms with Gasteiger partial charge in [-0.15, -0.1) is 0 Å². The Bertz CT molecular complexity index is 1160. The maximum absolute atomic E-state index is 12.9. The number of nitrogens with one attached hydrogen (secondary N) is 1. The molecular weight excluding hydrogens is 404 g/mol. The quantitative estimate of drug-likeness (QED) is 0.251. The molecule has 0 unspecified atom stereocenters. The number of nitro groups is 1. The van der Waals surface area contributed by atoms with Gasteiger partial charge in [0.05, 0.1) is 32.8 Å². The lowest BCUT2D eigenvalue weighted by atomic mass is 10.1. The molecule has 0 aliphatic heterocycles. The van der Waals surface area contributed by atoms with Crippen molar-refractivity contribution in [3.05, 3.63) is 68.5 Å². The summed E-state index contributed by atoms with van der Waals surface area (Å²) in [5, 5.41) is 14.8. The van der Waals surface area contributed by atoms with E-state index in [9.17, 15) is 19.7 Å². The number of aromatic nitrogens is 2. The lowest BCUT2D eigenvalue weighted by Gasteiger charge is -2.13. The first-order chi connectivity index (χ1) is 14.4. The van der Waals surface area contributed by atoms with Crippen molar-refractivity contribution in [2.45, 2.75) is 38.4 Å². The molecule has 0 fully saturated rings. The minimum Gasteiger partial charge on any atom is -0.325 e. The molecule has 0 atom stereocenters. The Kier molecular flexibility index (Phi) is 6.83. The van der Waals surface area contributed by atoms with Crippen molar-refractivity contribution >= 4 is 39.9 Å². The van der Waals surface area contributed by atoms with Gasteiger partial charge in [-0.05, 0) is 31.5 Å². The van der Waals surface area contributed by atoms with Crippen LogP contribution in [0.15, 0.2) is 52.4 Å². The number of anilines is 1. The van der Waals surface area contributed by atoms with E-state index in [-0.39, 0.29) is 22.9 Å². The van der Waals surface area contributed by atoms with Crippen LogP contribution in [0.4, 0.5) is 11.4 Å². The van der Waals surface area contributed by atoms with Crippen LogP contribution < -0.4 is 10.9 Å². The molecule has 0 radical (unpaired) electrons. The number of carbonyl (C=O) groups is 1. The number of hydrogen-bond acceptors (Lipinski definition) is 6. The number of hydrogen-bond donors (Lipinski definition) is 1. The number of rotatable bonds is 8. The monoisotopic (exact) mass is 426 g/mol. The Labute approximate surface area is 177 Å². The first kappa shape index (κ1) is 21.5. The maximum atomic E-state index is 12.9. The van der Waals surface area contributed by atoms with Gasteiger partial charge in [0.25, 0.3) is 11.2 Å². The van der Waals surface area contributed by atoms with Crippen LogP contribution in [0, 0.1) is 17.0 Å². The third-order valence-corrected chi connectivity index (χ3v) is 5.65. The molecule has 0 saturated carbocycles. The Morgan fingerprint density at radius 3 is 2.73 bits per heavy atom. The van der Waals surface area contributed by atoms with Gasteiger partial charge in [-0.2, -0.15) is 0 Å². The Morgan fingerprint density at radius 2 is 2.00 bits per heavy atom. The third kappa shape index (κ3) is 4.68. The van der Waals surface area contributed by atoms with Gasteiger partial charge in [0.15, 0.2) is 5.16 Å². The van der Waals surface area contributed by atoms with Crippen LogP contribution in [0.25, 0.3) is 10.9 Å². The van der Waals surface area contributed by atoms with Gasteiger partial charge in [-0.3, -0.25) is 24.3 Å². The summed E-state index contributed by atoms with van der Waals surface area (Å²) >= 11 is 1.18. The van der Waals surface area contributed by atoms with E-state index in [1.807, 2.05) is 13.0 Å². The van der Waals surface area contributed by atoms with Crippen molar-refractivity contribution in [3.8, 4) is 0 Å². The highest BCUT2D eigenvalue weighted by molar-refractivity contribution is 7.99. The number of nitrogens with zero attached hydrogens (tertiary/aromatic N) is 3. The highest BCUT2D eigenvalue weighted by Gasteiger charge is 2.16. The van der Waals surface area contributed by atoms with Crippen LogP contribution in [-0.4, -0.2) is 26.1 Å². The average Bonchev–Trinajstić information content (AvgIpc) is 2.73. The normalized spacial score (nSPS) is 10.9. The molecule has 1 amide bonds. The Morgan fingerprint density at radius 1 is 1.23 bits per heavy atom. The van der Waals surface area contributed by atoms with Crippen molar-refractivity contribution < 1.29 is 9.72 Å². The fourth-order valence-electron chi connectivity index (χ4n) is 3.04. The number of amides is 1. The number of para-hydroxylation sites is 1. The third-order valence-electron chi connectivity index (χ3n) is 4.67. The van der Waals surface area contributed by atoms with Gasteiger partial charge in [0.1, 0.15) is 0 Å². The van der Waals surface area contributed by atoms with E-state index in [0.717, 1.165) is 12.8 Å². The summed E-state index contributed by atoms with van der Waals surface area (Å²) in [6, 6.07) is 11.7. The van der Waals surface area contributed by atoms with Crippen molar-refractivity contribution in [1.29, 1.82) is 0 Å². The summed E-state index contributed by atoms with van der Waals surface area (Å²) in [5.74, 6) is -0.299. The SMILES string of the molecule is CCCCn1c(SCC(=O)Nc2cccc([N+](=O)[O-])c2C)nc2ccccc2c1=O. The van der Waals surface area contributed by atoms with E-state index in [2.05, 4.69) is 10.3 Å². The zero-order valence-corrected chi connectivity index (χ0v) is 17.6. The molecule has 0 saturated heterocycles. The lowest BCUT2D eigenvalue weighted by Crippen LogP contribution is -2.24. The van der Waals surface area contributed by atoms with Gasteiger partial charge in [0, 0.05) is 12.6 Å². The molecule has 3 aromatic rings. The molecule has 30 heavy (non-hydrogen) atoms. The molecule has 0 aliphatic rings. The first-order valence-electron chi connectivity index (χ1n) is 9.58. The summed E-state index contributed by atoms with van der Waals surface area (Å²) < 4.78 is 1.61. The minimum atomic E-state index is -0.481. The second-order valence-corrected chi connectivity index (χ2v) is 7.71. The number of carbonyl (C=O) groups excluding carboxylic acids is 1. The molecule has 1 aromatic heterocycles. The number of unbranched alkanes of at least 4 members (excludes halogenated alkanes) is 1. The van der Waals surface area contributed by atoms with Gasteiger partial charge in [-0.1, -0.05) is 43.3 Å². The zero-order chi connectivity index (χ0) is 21.7. The van der Waals surface area contributed by atoms with E-state index in [4.69, 9.17) is 0 Å².